The lowest BCUT2D eigenvalue weighted by atomic mass is 10.1. The van der Waals surface area contributed by atoms with Crippen LogP contribution in [0.5, 0.6) is 0 Å². The van der Waals surface area contributed by atoms with Gasteiger partial charge >= 0.3 is 5.97 Å². The Balaban J connectivity index is 1.65. The molecule has 0 bridgehead atoms. The molecule has 31 heavy (non-hydrogen) atoms. The average Bonchev–Trinajstić information content (AvgIpc) is 3.26. The molecule has 5 rings (SSSR count). The lowest BCUT2D eigenvalue weighted by molar-refractivity contribution is -0.143. The standard InChI is InChI=1S/C26H23N3O2/c1-2-31-24(30)14-7-15-29-22-13-4-3-12-21(22)28-23(29)16-20-18-10-5-8-17-9-6-11-19(25(17)18)26(20)27/h3-6,8-13,16,27H,2,7,14-15H2,1H3/b20-16-,27-26?. The Hall–Kier alpha value is -3.73. The Morgan fingerprint density at radius 3 is 2.65 bits per heavy atom. The summed E-state index contributed by atoms with van der Waals surface area (Å²) in [5.41, 5.74) is 1.93. The molecule has 1 aromatic heterocycles. The quantitative estimate of drug-likeness (QED) is 0.429. The zero-order chi connectivity index (χ0) is 21.4. The lowest BCUT2D eigenvalue weighted by Gasteiger charge is -2.07. The Morgan fingerprint density at radius 2 is 1.84 bits per heavy atom. The van der Waals surface area contributed by atoms with E-state index in [4.69, 9.17) is 15.1 Å². The van der Waals surface area contributed by atoms with Crippen molar-refractivity contribution in [3.05, 3.63) is 77.1 Å². The van der Waals surface area contributed by atoms with Gasteiger partial charge in [-0.1, -0.05) is 48.5 Å². The maximum atomic E-state index is 11.8. The van der Waals surface area contributed by atoms with Crippen LogP contribution < -0.4 is 10.6 Å². The van der Waals surface area contributed by atoms with Gasteiger partial charge in [0.15, 0.2) is 0 Å². The van der Waals surface area contributed by atoms with Gasteiger partial charge < -0.3 is 9.30 Å². The molecule has 5 aromatic rings. The summed E-state index contributed by atoms with van der Waals surface area (Å²) in [6, 6.07) is 20.3. The lowest BCUT2D eigenvalue weighted by Crippen LogP contribution is -2.20. The van der Waals surface area contributed by atoms with Gasteiger partial charge in [0.05, 0.1) is 23.0 Å². The average molecular weight is 409 g/mol. The van der Waals surface area contributed by atoms with Crippen molar-refractivity contribution in [2.45, 2.75) is 26.3 Å². The van der Waals surface area contributed by atoms with Crippen molar-refractivity contribution >= 4 is 44.6 Å². The van der Waals surface area contributed by atoms with Crippen LogP contribution in [0.1, 0.15) is 25.6 Å². The van der Waals surface area contributed by atoms with Crippen LogP contribution in [-0.2, 0) is 16.1 Å². The molecule has 0 spiro atoms. The third-order valence-corrected chi connectivity index (χ3v) is 5.76. The molecule has 0 fully saturated rings. The van der Waals surface area contributed by atoms with Crippen LogP contribution in [0.15, 0.2) is 60.7 Å². The smallest absolute Gasteiger partial charge is 0.305 e. The second kappa shape index (κ2) is 7.84. The number of ether oxygens (including phenoxy) is 1. The minimum absolute atomic E-state index is 0.175. The van der Waals surface area contributed by atoms with Crippen LogP contribution >= 0.6 is 0 Å². The van der Waals surface area contributed by atoms with Crippen molar-refractivity contribution in [2.75, 3.05) is 6.61 Å². The van der Waals surface area contributed by atoms with E-state index in [9.17, 15) is 4.79 Å². The number of aromatic nitrogens is 2. The van der Waals surface area contributed by atoms with E-state index in [0.717, 1.165) is 43.6 Å². The maximum absolute atomic E-state index is 11.8. The van der Waals surface area contributed by atoms with Crippen LogP contribution in [0.3, 0.4) is 0 Å². The van der Waals surface area contributed by atoms with Crippen molar-refractivity contribution in [3.63, 3.8) is 0 Å². The van der Waals surface area contributed by atoms with Crippen LogP contribution in [0.25, 0.3) is 38.7 Å². The number of esters is 1. The number of nitrogens with one attached hydrogen (secondary N) is 1. The summed E-state index contributed by atoms with van der Waals surface area (Å²) < 4.78 is 7.20. The summed E-state index contributed by atoms with van der Waals surface area (Å²) in [6.07, 6.45) is 3.06. The molecule has 0 aliphatic heterocycles. The molecule has 0 saturated carbocycles. The summed E-state index contributed by atoms with van der Waals surface area (Å²) >= 11 is 0. The molecule has 5 heteroatoms. The molecule has 0 atom stereocenters. The van der Waals surface area contributed by atoms with E-state index in [1.54, 1.807) is 0 Å². The van der Waals surface area contributed by atoms with E-state index < -0.39 is 0 Å². The van der Waals surface area contributed by atoms with E-state index in [2.05, 4.69) is 22.8 Å². The van der Waals surface area contributed by atoms with Gasteiger partial charge in [-0.15, -0.1) is 0 Å². The largest absolute Gasteiger partial charge is 0.466 e. The van der Waals surface area contributed by atoms with Crippen molar-refractivity contribution in [1.82, 2.24) is 9.55 Å². The molecular weight excluding hydrogens is 386 g/mol. The minimum Gasteiger partial charge on any atom is -0.466 e. The topological polar surface area (TPSA) is 68.0 Å². The number of carbonyl (C=O) groups is 1. The first kappa shape index (κ1) is 19.2. The molecule has 154 valence electrons. The van der Waals surface area contributed by atoms with Gasteiger partial charge in [0.25, 0.3) is 0 Å². The first-order valence-electron chi connectivity index (χ1n) is 10.6. The highest BCUT2D eigenvalue weighted by Crippen LogP contribution is 2.23. The van der Waals surface area contributed by atoms with Crippen molar-refractivity contribution in [1.29, 1.82) is 5.41 Å². The normalized spacial score (nSPS) is 12.4. The van der Waals surface area contributed by atoms with Crippen LogP contribution in [0.4, 0.5) is 0 Å². The molecule has 0 amide bonds. The highest BCUT2D eigenvalue weighted by atomic mass is 16.5. The van der Waals surface area contributed by atoms with E-state index in [1.165, 1.54) is 0 Å². The van der Waals surface area contributed by atoms with Gasteiger partial charge in [-0.05, 0) is 47.7 Å². The highest BCUT2D eigenvalue weighted by molar-refractivity contribution is 6.11. The molecule has 0 saturated heterocycles. The third-order valence-electron chi connectivity index (χ3n) is 5.76. The summed E-state index contributed by atoms with van der Waals surface area (Å²) in [4.78, 5) is 16.6. The van der Waals surface area contributed by atoms with Crippen molar-refractivity contribution < 1.29 is 9.53 Å². The fourth-order valence-electron chi connectivity index (χ4n) is 4.39. The monoisotopic (exact) mass is 409 g/mol. The van der Waals surface area contributed by atoms with Crippen LogP contribution in [0.2, 0.25) is 0 Å². The number of benzene rings is 3. The zero-order valence-corrected chi connectivity index (χ0v) is 17.4. The number of aryl methyl sites for hydroxylation is 1. The molecular formula is C26H23N3O2. The van der Waals surface area contributed by atoms with Gasteiger partial charge in [-0.2, -0.15) is 0 Å². The number of imidazole rings is 1. The maximum Gasteiger partial charge on any atom is 0.305 e. The predicted octanol–water partition coefficient (Wildman–Crippen LogP) is 4.15. The summed E-state index contributed by atoms with van der Waals surface area (Å²) in [6.45, 7) is 2.88. The molecule has 1 N–H and O–H groups in total. The number of fused-ring (bicyclic) bond motifs is 1. The van der Waals surface area contributed by atoms with Crippen LogP contribution in [-0.4, -0.2) is 22.1 Å². The van der Waals surface area contributed by atoms with Gasteiger partial charge in [0.2, 0.25) is 0 Å². The second-order valence-corrected chi connectivity index (χ2v) is 7.66. The first-order valence-corrected chi connectivity index (χ1v) is 10.6. The SMILES string of the molecule is CCOC(=O)CCCn1c(/C=c2\c(=N)c3cccc4cccc2c43)nc2ccccc21. The number of carbonyl (C=O) groups excluding carboxylic acids is 1. The van der Waals surface area contributed by atoms with Gasteiger partial charge in [0, 0.05) is 23.6 Å². The molecule has 0 aliphatic rings. The van der Waals surface area contributed by atoms with E-state index in [1.807, 2.05) is 55.5 Å². The number of hydrogen-bond donors (Lipinski definition) is 1. The number of para-hydroxylation sites is 2. The molecule has 1 heterocycles. The number of hydrogen-bond acceptors (Lipinski definition) is 4. The molecule has 0 aliphatic carbocycles. The zero-order valence-electron chi connectivity index (χ0n) is 17.4. The summed E-state index contributed by atoms with van der Waals surface area (Å²) in [7, 11) is 0. The Kier molecular flexibility index (Phi) is 4.86. The fraction of sp³-hybridized carbons (Fsp3) is 0.192. The van der Waals surface area contributed by atoms with E-state index >= 15 is 0 Å². The Bertz CT molecular complexity index is 1510. The predicted molar refractivity (Wildman–Crippen MR) is 123 cm³/mol. The Morgan fingerprint density at radius 1 is 1.06 bits per heavy atom. The molecule has 0 unspecified atom stereocenters. The number of nitrogens with zero attached hydrogens (tertiary/aromatic N) is 2. The molecule has 4 aromatic carbocycles. The third kappa shape index (κ3) is 3.32. The number of rotatable bonds is 6. The molecule has 0 radical (unpaired) electrons. The van der Waals surface area contributed by atoms with Crippen LogP contribution in [0, 0.1) is 5.41 Å². The van der Waals surface area contributed by atoms with E-state index in [-0.39, 0.29) is 5.97 Å². The Labute approximate surface area is 179 Å². The second-order valence-electron chi connectivity index (χ2n) is 7.66. The van der Waals surface area contributed by atoms with Gasteiger partial charge in [-0.3, -0.25) is 10.2 Å². The summed E-state index contributed by atoms with van der Waals surface area (Å²) in [5.74, 6) is 0.626. The van der Waals surface area contributed by atoms with Crippen molar-refractivity contribution in [3.8, 4) is 0 Å². The van der Waals surface area contributed by atoms with Gasteiger partial charge in [-0.25, -0.2) is 4.98 Å². The minimum atomic E-state index is -0.175. The summed E-state index contributed by atoms with van der Waals surface area (Å²) in [5, 5.41) is 14.5. The van der Waals surface area contributed by atoms with Gasteiger partial charge in [0.1, 0.15) is 5.82 Å². The fourth-order valence-corrected chi connectivity index (χ4v) is 4.39. The first-order chi connectivity index (χ1) is 15.2. The molecule has 5 nitrogen and oxygen atoms in total. The van der Waals surface area contributed by atoms with Crippen molar-refractivity contribution in [2.24, 2.45) is 0 Å². The highest BCUT2D eigenvalue weighted by Gasteiger charge is 2.13. The van der Waals surface area contributed by atoms with E-state index in [0.29, 0.717) is 31.4 Å².